The van der Waals surface area contributed by atoms with Crippen LogP contribution in [0, 0.1) is 17.0 Å². The zero-order valence-electron chi connectivity index (χ0n) is 9.78. The number of rotatable bonds is 5. The molecule has 0 atom stereocenters. The molecule has 0 saturated heterocycles. The van der Waals surface area contributed by atoms with Crippen LogP contribution in [0.5, 0.6) is 0 Å². The van der Waals surface area contributed by atoms with Crippen LogP contribution < -0.4 is 5.32 Å². The minimum Gasteiger partial charge on any atom is -0.478 e. The van der Waals surface area contributed by atoms with Gasteiger partial charge in [-0.05, 0) is 13.0 Å². The Morgan fingerprint density at radius 1 is 1.37 bits per heavy atom. The van der Waals surface area contributed by atoms with Gasteiger partial charge in [-0.25, -0.2) is 9.59 Å². The molecule has 8 nitrogen and oxygen atoms in total. The number of nitro benzene ring substituents is 1. The summed E-state index contributed by atoms with van der Waals surface area (Å²) < 4.78 is 0. The molecule has 8 heteroatoms. The molecule has 0 saturated carbocycles. The van der Waals surface area contributed by atoms with E-state index in [2.05, 4.69) is 5.32 Å². The smallest absolute Gasteiger partial charge is 0.352 e. The van der Waals surface area contributed by atoms with Crippen LogP contribution in [0.3, 0.4) is 0 Å². The van der Waals surface area contributed by atoms with Crippen molar-refractivity contribution >= 4 is 23.3 Å². The van der Waals surface area contributed by atoms with Gasteiger partial charge in [0.25, 0.3) is 5.69 Å². The molecule has 19 heavy (non-hydrogen) atoms. The second-order valence-corrected chi connectivity index (χ2v) is 3.53. The molecule has 0 aromatic heterocycles. The Morgan fingerprint density at radius 2 is 2.00 bits per heavy atom. The lowest BCUT2D eigenvalue weighted by molar-refractivity contribution is -0.385. The lowest BCUT2D eigenvalue weighted by Gasteiger charge is -2.09. The van der Waals surface area contributed by atoms with Crippen molar-refractivity contribution in [2.75, 3.05) is 5.32 Å². The zero-order valence-corrected chi connectivity index (χ0v) is 9.78. The predicted octanol–water partition coefficient (Wildman–Crippen LogP) is 1.37. The number of carbonyl (C=O) groups is 2. The van der Waals surface area contributed by atoms with Crippen molar-refractivity contribution in [1.29, 1.82) is 0 Å². The molecule has 0 heterocycles. The number of benzene rings is 1. The van der Waals surface area contributed by atoms with Crippen LogP contribution >= 0.6 is 0 Å². The van der Waals surface area contributed by atoms with Gasteiger partial charge in [-0.2, -0.15) is 0 Å². The zero-order chi connectivity index (χ0) is 14.6. The quantitative estimate of drug-likeness (QED) is 0.416. The van der Waals surface area contributed by atoms with Gasteiger partial charge in [0.05, 0.1) is 16.6 Å². The van der Waals surface area contributed by atoms with Gasteiger partial charge in [0.1, 0.15) is 5.70 Å². The van der Waals surface area contributed by atoms with Crippen LogP contribution in [0.1, 0.15) is 5.56 Å². The van der Waals surface area contributed by atoms with Gasteiger partial charge in [-0.3, -0.25) is 10.1 Å². The summed E-state index contributed by atoms with van der Waals surface area (Å²) >= 11 is 0. The molecule has 0 aliphatic heterocycles. The van der Waals surface area contributed by atoms with Crippen molar-refractivity contribution in [1.82, 2.24) is 0 Å². The van der Waals surface area contributed by atoms with Crippen molar-refractivity contribution in [3.63, 3.8) is 0 Å². The third-order valence-electron chi connectivity index (χ3n) is 2.27. The Morgan fingerprint density at radius 3 is 2.47 bits per heavy atom. The highest BCUT2D eigenvalue weighted by Crippen LogP contribution is 2.26. The Labute approximate surface area is 107 Å². The van der Waals surface area contributed by atoms with Gasteiger partial charge < -0.3 is 15.5 Å². The number of nitro groups is 1. The molecule has 0 fully saturated rings. The molecule has 3 N–H and O–H groups in total. The maximum atomic E-state index is 10.8. The fourth-order valence-electron chi connectivity index (χ4n) is 1.38. The largest absolute Gasteiger partial charge is 0.478 e. The summed E-state index contributed by atoms with van der Waals surface area (Å²) in [7, 11) is 0. The minimum atomic E-state index is -1.48. The molecule has 1 rings (SSSR count). The number of aliphatic carboxylic acids is 2. The Balaban J connectivity index is 3.18. The average Bonchev–Trinajstić information content (AvgIpc) is 2.29. The van der Waals surface area contributed by atoms with Gasteiger partial charge in [0, 0.05) is 11.8 Å². The van der Waals surface area contributed by atoms with Gasteiger partial charge >= 0.3 is 11.9 Å². The SMILES string of the molecule is Cc1c(N/C(=C\C(=O)O)C(=O)O)cccc1[N+](=O)[O-]. The molecule has 100 valence electrons. The van der Waals surface area contributed by atoms with E-state index in [1.54, 1.807) is 0 Å². The van der Waals surface area contributed by atoms with Crippen LogP contribution in [0.15, 0.2) is 30.0 Å². The summed E-state index contributed by atoms with van der Waals surface area (Å²) in [5, 5.41) is 30.4. The predicted molar refractivity (Wildman–Crippen MR) is 64.8 cm³/mol. The van der Waals surface area contributed by atoms with Crippen LogP contribution in [0.4, 0.5) is 11.4 Å². The maximum Gasteiger partial charge on any atom is 0.352 e. The molecule has 0 spiro atoms. The van der Waals surface area contributed by atoms with Crippen molar-refractivity contribution in [2.24, 2.45) is 0 Å². The number of anilines is 1. The second kappa shape index (κ2) is 5.63. The first kappa shape index (κ1) is 14.2. The van der Waals surface area contributed by atoms with Crippen LogP contribution in [0.2, 0.25) is 0 Å². The highest BCUT2D eigenvalue weighted by atomic mass is 16.6. The topological polar surface area (TPSA) is 130 Å². The number of hydrogen-bond acceptors (Lipinski definition) is 5. The summed E-state index contributed by atoms with van der Waals surface area (Å²) in [6, 6.07) is 4.05. The molecular formula is C11H10N2O6. The molecular weight excluding hydrogens is 256 g/mol. The third kappa shape index (κ3) is 3.53. The van der Waals surface area contributed by atoms with Gasteiger partial charge in [0.15, 0.2) is 0 Å². The van der Waals surface area contributed by atoms with E-state index >= 15 is 0 Å². The van der Waals surface area contributed by atoms with Gasteiger partial charge in [-0.1, -0.05) is 6.07 Å². The molecule has 0 unspecified atom stereocenters. The van der Waals surface area contributed by atoms with Crippen molar-refractivity contribution in [3.05, 3.63) is 45.6 Å². The van der Waals surface area contributed by atoms with E-state index in [0.29, 0.717) is 6.08 Å². The Kier molecular flexibility index (Phi) is 4.19. The molecule has 0 radical (unpaired) electrons. The average molecular weight is 266 g/mol. The normalized spacial score (nSPS) is 10.9. The van der Waals surface area contributed by atoms with Gasteiger partial charge in [0.2, 0.25) is 0 Å². The maximum absolute atomic E-state index is 10.8. The molecule has 1 aromatic carbocycles. The van der Waals surface area contributed by atoms with E-state index in [4.69, 9.17) is 10.2 Å². The van der Waals surface area contributed by atoms with E-state index < -0.39 is 22.6 Å². The fraction of sp³-hybridized carbons (Fsp3) is 0.0909. The van der Waals surface area contributed by atoms with Crippen molar-refractivity contribution < 1.29 is 24.7 Å². The summed E-state index contributed by atoms with van der Waals surface area (Å²) in [5.74, 6) is -2.92. The van der Waals surface area contributed by atoms with E-state index in [-0.39, 0.29) is 16.9 Å². The molecule has 0 aliphatic rings. The lowest BCUT2D eigenvalue weighted by Crippen LogP contribution is -2.13. The molecule has 0 bridgehead atoms. The van der Waals surface area contributed by atoms with Crippen molar-refractivity contribution in [2.45, 2.75) is 6.92 Å². The Bertz CT molecular complexity index is 579. The fourth-order valence-corrected chi connectivity index (χ4v) is 1.38. The number of hydrogen-bond donors (Lipinski definition) is 3. The number of carboxylic acid groups (broad SMARTS) is 2. The molecule has 0 amide bonds. The van der Waals surface area contributed by atoms with E-state index in [9.17, 15) is 19.7 Å². The number of nitrogens with zero attached hydrogens (tertiary/aromatic N) is 1. The first-order valence-corrected chi connectivity index (χ1v) is 5.02. The standard InChI is InChI=1S/C11H10N2O6/c1-6-7(3-2-4-9(6)13(18)19)12-8(11(16)17)5-10(14)15/h2-5,12H,1H3,(H,14,15)(H,16,17)/b8-5-. The summed E-state index contributed by atoms with van der Waals surface area (Å²) in [5.41, 5.74) is -0.407. The highest BCUT2D eigenvalue weighted by Gasteiger charge is 2.16. The molecule has 1 aromatic rings. The highest BCUT2D eigenvalue weighted by molar-refractivity contribution is 5.97. The van der Waals surface area contributed by atoms with Crippen LogP contribution in [-0.4, -0.2) is 27.1 Å². The summed E-state index contributed by atoms with van der Waals surface area (Å²) in [4.78, 5) is 31.4. The first-order chi connectivity index (χ1) is 8.82. The van der Waals surface area contributed by atoms with E-state index in [0.717, 1.165) is 0 Å². The number of carboxylic acids is 2. The first-order valence-electron chi connectivity index (χ1n) is 5.02. The molecule has 0 aliphatic carbocycles. The van der Waals surface area contributed by atoms with Crippen molar-refractivity contribution in [3.8, 4) is 0 Å². The third-order valence-corrected chi connectivity index (χ3v) is 2.27. The monoisotopic (exact) mass is 266 g/mol. The van der Waals surface area contributed by atoms with E-state index in [1.807, 2.05) is 0 Å². The van der Waals surface area contributed by atoms with Crippen LogP contribution in [-0.2, 0) is 9.59 Å². The number of nitrogens with one attached hydrogen (secondary N) is 1. The summed E-state index contributed by atoms with van der Waals surface area (Å²) in [6.07, 6.45) is 0.473. The second-order valence-electron chi connectivity index (χ2n) is 3.53. The Hall–Kier alpha value is -2.90. The van der Waals surface area contributed by atoms with Crippen LogP contribution in [0.25, 0.3) is 0 Å². The minimum absolute atomic E-state index is 0.157. The van der Waals surface area contributed by atoms with Gasteiger partial charge in [-0.15, -0.1) is 0 Å². The lowest BCUT2D eigenvalue weighted by atomic mass is 10.1. The van der Waals surface area contributed by atoms with E-state index in [1.165, 1.54) is 25.1 Å². The summed E-state index contributed by atoms with van der Waals surface area (Å²) in [6.45, 7) is 1.43.